The number of rotatable bonds is 6. The molecule has 0 aromatic heterocycles. The van der Waals surface area contributed by atoms with Crippen LogP contribution in [0.2, 0.25) is 0 Å². The molecule has 0 heterocycles. The van der Waals surface area contributed by atoms with Gasteiger partial charge in [-0.15, -0.1) is 0 Å². The highest BCUT2D eigenvalue weighted by Gasteiger charge is 2.12. The van der Waals surface area contributed by atoms with Crippen molar-refractivity contribution in [1.29, 1.82) is 0 Å². The van der Waals surface area contributed by atoms with E-state index in [0.29, 0.717) is 16.9 Å². The van der Waals surface area contributed by atoms with E-state index in [1.807, 2.05) is 0 Å². The Hall–Kier alpha value is -2.91. The van der Waals surface area contributed by atoms with Crippen molar-refractivity contribution in [2.24, 2.45) is 0 Å². The normalized spacial score (nSPS) is 11.4. The molecule has 0 aliphatic heterocycles. The number of methoxy groups -OCH3 is 1. The predicted molar refractivity (Wildman–Crippen MR) is 87.2 cm³/mol. The molecule has 0 atom stereocenters. The second-order valence-corrected chi connectivity index (χ2v) is 5.62. The molecule has 0 saturated carbocycles. The van der Waals surface area contributed by atoms with E-state index in [4.69, 9.17) is 9.29 Å². The number of benzene rings is 2. The fourth-order valence-electron chi connectivity index (χ4n) is 1.86. The van der Waals surface area contributed by atoms with Crippen molar-refractivity contribution in [2.45, 2.75) is 0 Å². The molecule has 0 spiro atoms. The van der Waals surface area contributed by atoms with Gasteiger partial charge in [0, 0.05) is 23.8 Å². The van der Waals surface area contributed by atoms with E-state index >= 15 is 0 Å². The van der Waals surface area contributed by atoms with Crippen LogP contribution in [0.25, 0.3) is 12.2 Å². The molecular weight excluding hydrogens is 338 g/mol. The molecule has 126 valence electrons. The van der Waals surface area contributed by atoms with Gasteiger partial charge in [0.1, 0.15) is 5.75 Å². The molecule has 2 rings (SSSR count). The maximum absolute atomic E-state index is 10.9. The number of hydrogen-bond acceptors (Lipinski definition) is 6. The molecule has 8 nitrogen and oxygen atoms in total. The van der Waals surface area contributed by atoms with Crippen molar-refractivity contribution in [2.75, 3.05) is 7.11 Å². The van der Waals surface area contributed by atoms with Gasteiger partial charge in [-0.1, -0.05) is 12.2 Å². The van der Waals surface area contributed by atoms with Crippen LogP contribution < -0.4 is 8.92 Å². The molecule has 0 aliphatic carbocycles. The van der Waals surface area contributed by atoms with E-state index in [1.54, 1.807) is 36.4 Å². The lowest BCUT2D eigenvalue weighted by molar-refractivity contribution is -0.384. The van der Waals surface area contributed by atoms with Crippen LogP contribution in [-0.2, 0) is 10.4 Å². The predicted octanol–water partition coefficient (Wildman–Crippen LogP) is 2.96. The lowest BCUT2D eigenvalue weighted by atomic mass is 10.1. The third kappa shape index (κ3) is 4.80. The lowest BCUT2D eigenvalue weighted by Crippen LogP contribution is -2.07. The fraction of sp³-hybridized carbons (Fsp3) is 0.0667. The van der Waals surface area contributed by atoms with Crippen LogP contribution in [-0.4, -0.2) is 25.0 Å². The van der Waals surface area contributed by atoms with Crippen LogP contribution in [0.5, 0.6) is 11.5 Å². The largest absolute Gasteiger partial charge is 0.497 e. The summed E-state index contributed by atoms with van der Waals surface area (Å²) in [6.45, 7) is 0. The Balaban J connectivity index is 2.32. The van der Waals surface area contributed by atoms with Crippen LogP contribution in [0.1, 0.15) is 11.1 Å². The first kappa shape index (κ1) is 17.4. The van der Waals surface area contributed by atoms with E-state index in [1.165, 1.54) is 25.3 Å². The Bertz CT molecular complexity index is 873. The Morgan fingerprint density at radius 2 is 1.79 bits per heavy atom. The molecule has 0 aliphatic rings. The van der Waals surface area contributed by atoms with Crippen molar-refractivity contribution in [3.05, 3.63) is 63.7 Å². The van der Waals surface area contributed by atoms with Crippen molar-refractivity contribution >= 4 is 28.2 Å². The zero-order chi connectivity index (χ0) is 17.7. The van der Waals surface area contributed by atoms with Crippen LogP contribution in [0.4, 0.5) is 5.69 Å². The first-order chi connectivity index (χ1) is 11.3. The molecule has 0 saturated heterocycles. The van der Waals surface area contributed by atoms with Gasteiger partial charge in [0.15, 0.2) is 5.75 Å². The van der Waals surface area contributed by atoms with E-state index in [0.717, 1.165) is 0 Å². The minimum Gasteiger partial charge on any atom is -0.497 e. The summed E-state index contributed by atoms with van der Waals surface area (Å²) < 4.78 is 40.2. The molecule has 0 unspecified atom stereocenters. The summed E-state index contributed by atoms with van der Waals surface area (Å²) in [4.78, 5) is 10.1. The fourth-order valence-corrected chi connectivity index (χ4v) is 2.23. The van der Waals surface area contributed by atoms with Gasteiger partial charge in [0.2, 0.25) is 0 Å². The molecule has 0 radical (unpaired) electrons. The average Bonchev–Trinajstić information content (AvgIpc) is 2.52. The Morgan fingerprint density at radius 3 is 2.33 bits per heavy atom. The molecule has 9 heteroatoms. The molecule has 1 N–H and O–H groups in total. The first-order valence-corrected chi connectivity index (χ1v) is 7.92. The number of ether oxygens (including phenoxy) is 1. The zero-order valence-corrected chi connectivity index (χ0v) is 13.3. The van der Waals surface area contributed by atoms with Gasteiger partial charge in [-0.05, 0) is 29.8 Å². The average molecular weight is 351 g/mol. The van der Waals surface area contributed by atoms with Crippen LogP contribution in [0.3, 0.4) is 0 Å². The second kappa shape index (κ2) is 7.11. The number of non-ortho nitro benzene ring substituents is 1. The quantitative estimate of drug-likeness (QED) is 0.368. The molecule has 24 heavy (non-hydrogen) atoms. The summed E-state index contributed by atoms with van der Waals surface area (Å²) in [6.07, 6.45) is 3.16. The Morgan fingerprint density at radius 1 is 1.12 bits per heavy atom. The van der Waals surface area contributed by atoms with E-state index < -0.39 is 15.3 Å². The summed E-state index contributed by atoms with van der Waals surface area (Å²) >= 11 is 0. The summed E-state index contributed by atoms with van der Waals surface area (Å²) in [7, 11) is -3.29. The van der Waals surface area contributed by atoms with Gasteiger partial charge in [-0.25, -0.2) is 0 Å². The van der Waals surface area contributed by atoms with Gasteiger partial charge in [-0.2, -0.15) is 8.42 Å². The SMILES string of the molecule is COc1ccc(C=Cc2ccc([N+](=O)[O-])cc2)c(OS(=O)(=O)O)c1. The Kier molecular flexibility index (Phi) is 5.17. The number of nitro groups is 1. The van der Waals surface area contributed by atoms with Crippen molar-refractivity contribution < 1.29 is 26.8 Å². The summed E-state index contributed by atoms with van der Waals surface area (Å²) in [5.74, 6) is 0.233. The van der Waals surface area contributed by atoms with E-state index in [-0.39, 0.29) is 11.4 Å². The van der Waals surface area contributed by atoms with Crippen molar-refractivity contribution in [1.82, 2.24) is 0 Å². The summed E-state index contributed by atoms with van der Waals surface area (Å²) in [5, 5.41) is 10.6. The first-order valence-electron chi connectivity index (χ1n) is 6.56. The third-order valence-electron chi connectivity index (χ3n) is 2.98. The monoisotopic (exact) mass is 351 g/mol. The number of hydrogen-bond donors (Lipinski definition) is 1. The lowest BCUT2D eigenvalue weighted by Gasteiger charge is -2.08. The highest BCUT2D eigenvalue weighted by molar-refractivity contribution is 7.81. The maximum atomic E-state index is 10.9. The minimum atomic E-state index is -4.69. The minimum absolute atomic E-state index is 0.0352. The smallest absolute Gasteiger partial charge is 0.446 e. The summed E-state index contributed by atoms with van der Waals surface area (Å²) in [5.41, 5.74) is 0.994. The van der Waals surface area contributed by atoms with E-state index in [9.17, 15) is 18.5 Å². The third-order valence-corrected chi connectivity index (χ3v) is 3.37. The van der Waals surface area contributed by atoms with Crippen molar-refractivity contribution in [3.63, 3.8) is 0 Å². The topological polar surface area (TPSA) is 116 Å². The van der Waals surface area contributed by atoms with Gasteiger partial charge in [0.05, 0.1) is 12.0 Å². The molecule has 0 fully saturated rings. The second-order valence-electron chi connectivity index (χ2n) is 4.60. The molecule has 2 aromatic rings. The highest BCUT2D eigenvalue weighted by Crippen LogP contribution is 2.27. The van der Waals surface area contributed by atoms with Gasteiger partial charge < -0.3 is 8.92 Å². The maximum Gasteiger partial charge on any atom is 0.446 e. The molecule has 0 bridgehead atoms. The summed E-state index contributed by atoms with van der Waals surface area (Å²) in [6, 6.07) is 10.2. The van der Waals surface area contributed by atoms with Crippen LogP contribution in [0.15, 0.2) is 42.5 Å². The van der Waals surface area contributed by atoms with Crippen molar-refractivity contribution in [3.8, 4) is 11.5 Å². The zero-order valence-electron chi connectivity index (χ0n) is 12.4. The van der Waals surface area contributed by atoms with Gasteiger partial charge >= 0.3 is 10.4 Å². The molecule has 0 amide bonds. The van der Waals surface area contributed by atoms with Crippen LogP contribution >= 0.6 is 0 Å². The Labute approximate surface area is 138 Å². The number of nitrogens with zero attached hydrogens (tertiary/aromatic N) is 1. The highest BCUT2D eigenvalue weighted by atomic mass is 32.3. The molecular formula is C15H13NO7S. The molecule has 2 aromatic carbocycles. The van der Waals surface area contributed by atoms with Crippen LogP contribution in [0, 0.1) is 10.1 Å². The van der Waals surface area contributed by atoms with Gasteiger partial charge in [0.25, 0.3) is 5.69 Å². The standard InChI is InChI=1S/C15H13NO7S/c1-22-14-9-6-12(15(10-14)23-24(19,20)21)5-2-11-3-7-13(8-4-11)16(17)18/h2-10H,1H3,(H,19,20,21). The van der Waals surface area contributed by atoms with E-state index in [2.05, 4.69) is 4.18 Å². The van der Waals surface area contributed by atoms with Gasteiger partial charge in [-0.3, -0.25) is 14.7 Å². The number of nitro benzene ring substituents is 1.